The molecule has 1 aliphatic heterocycles. The van der Waals surface area contributed by atoms with Crippen molar-refractivity contribution in [3.8, 4) is 11.5 Å². The van der Waals surface area contributed by atoms with Gasteiger partial charge in [-0.3, -0.25) is 4.55 Å². The van der Waals surface area contributed by atoms with Crippen LogP contribution in [0.25, 0.3) is 6.08 Å². The molecule has 1 aromatic rings. The van der Waals surface area contributed by atoms with Crippen molar-refractivity contribution >= 4 is 28.4 Å². The predicted octanol–water partition coefficient (Wildman–Crippen LogP) is -1.67. The first-order valence-electron chi connectivity index (χ1n) is 8.09. The highest BCUT2D eigenvalue weighted by Crippen LogP contribution is 2.29. The van der Waals surface area contributed by atoms with Crippen LogP contribution < -0.4 is 8.92 Å². The lowest BCUT2D eigenvalue weighted by atomic mass is 9.99. The smallest absolute Gasteiger partial charge is 0.446 e. The van der Waals surface area contributed by atoms with E-state index in [4.69, 9.17) is 23.9 Å². The van der Waals surface area contributed by atoms with Crippen LogP contribution >= 0.6 is 0 Å². The molecule has 0 spiro atoms. The fraction of sp³-hybridized carbons (Fsp3) is 0.375. The largest absolute Gasteiger partial charge is 0.493 e. The number of methoxy groups -OCH3 is 1. The van der Waals surface area contributed by atoms with Gasteiger partial charge in [-0.15, -0.1) is 0 Å². The number of carbonyl (C=O) groups excluding carboxylic acids is 1. The number of rotatable bonds is 7. The molecule has 1 fully saturated rings. The first-order valence-corrected chi connectivity index (χ1v) is 9.45. The summed E-state index contributed by atoms with van der Waals surface area (Å²) in [5.74, 6) is -3.13. The van der Waals surface area contributed by atoms with Crippen LogP contribution in [-0.4, -0.2) is 83.2 Å². The summed E-state index contributed by atoms with van der Waals surface area (Å²) < 4.78 is 49.1. The highest BCUT2D eigenvalue weighted by Gasteiger charge is 2.48. The second kappa shape index (κ2) is 9.38. The Balaban J connectivity index is 2.09. The zero-order valence-electron chi connectivity index (χ0n) is 15.2. The number of carbonyl (C=O) groups is 2. The van der Waals surface area contributed by atoms with Crippen LogP contribution in [0.4, 0.5) is 0 Å². The van der Waals surface area contributed by atoms with E-state index in [1.807, 2.05) is 0 Å². The second-order valence-electron chi connectivity index (χ2n) is 5.93. The van der Waals surface area contributed by atoms with E-state index in [1.54, 1.807) is 0 Å². The zero-order valence-corrected chi connectivity index (χ0v) is 16.0. The van der Waals surface area contributed by atoms with Gasteiger partial charge in [0.25, 0.3) is 0 Å². The summed E-state index contributed by atoms with van der Waals surface area (Å²) in [6, 6.07) is 3.71. The molecule has 1 aliphatic rings. The summed E-state index contributed by atoms with van der Waals surface area (Å²) in [4.78, 5) is 23.0. The topological polar surface area (TPSA) is 206 Å². The second-order valence-corrected chi connectivity index (χ2v) is 6.95. The molecule has 0 amide bonds. The van der Waals surface area contributed by atoms with Gasteiger partial charge in [-0.05, 0) is 23.8 Å². The Hall–Kier alpha value is -2.75. The quantitative estimate of drug-likeness (QED) is 0.179. The number of carboxylic acids is 1. The van der Waals surface area contributed by atoms with E-state index in [2.05, 4.69) is 4.18 Å². The van der Waals surface area contributed by atoms with Gasteiger partial charge in [0.1, 0.15) is 18.3 Å². The molecule has 30 heavy (non-hydrogen) atoms. The number of benzene rings is 1. The summed E-state index contributed by atoms with van der Waals surface area (Å²) in [5.41, 5.74) is 0.301. The molecule has 5 N–H and O–H groups in total. The van der Waals surface area contributed by atoms with Crippen molar-refractivity contribution in [2.24, 2.45) is 0 Å². The molecule has 0 radical (unpaired) electrons. The highest BCUT2D eigenvalue weighted by atomic mass is 32.3. The van der Waals surface area contributed by atoms with Crippen molar-refractivity contribution in [2.45, 2.75) is 30.7 Å². The number of carboxylic acid groups (broad SMARTS) is 1. The average molecular weight is 450 g/mol. The lowest BCUT2D eigenvalue weighted by molar-refractivity contribution is -0.284. The molecule has 1 heterocycles. The van der Waals surface area contributed by atoms with Gasteiger partial charge >= 0.3 is 22.3 Å². The summed E-state index contributed by atoms with van der Waals surface area (Å²) in [6.45, 7) is 0. The number of ether oxygens (including phenoxy) is 3. The Labute approximate surface area is 169 Å². The maximum atomic E-state index is 11.9. The fourth-order valence-corrected chi connectivity index (χ4v) is 2.80. The van der Waals surface area contributed by atoms with Crippen molar-refractivity contribution in [1.82, 2.24) is 0 Å². The van der Waals surface area contributed by atoms with E-state index in [0.717, 1.165) is 12.1 Å². The van der Waals surface area contributed by atoms with Gasteiger partial charge in [0.15, 0.2) is 17.6 Å². The minimum Gasteiger partial charge on any atom is -0.493 e. The van der Waals surface area contributed by atoms with Crippen LogP contribution in [0.2, 0.25) is 0 Å². The summed E-state index contributed by atoms with van der Waals surface area (Å²) >= 11 is 0. The maximum absolute atomic E-state index is 11.9. The molecule has 14 heteroatoms. The minimum absolute atomic E-state index is 0.0874. The van der Waals surface area contributed by atoms with Crippen LogP contribution in [0, 0.1) is 0 Å². The van der Waals surface area contributed by atoms with Crippen LogP contribution in [0.15, 0.2) is 24.3 Å². The van der Waals surface area contributed by atoms with Crippen LogP contribution in [0.1, 0.15) is 5.56 Å². The van der Waals surface area contributed by atoms with Crippen molar-refractivity contribution in [1.29, 1.82) is 0 Å². The molecule has 5 atom stereocenters. The average Bonchev–Trinajstić information content (AvgIpc) is 2.66. The molecular weight excluding hydrogens is 432 g/mol. The van der Waals surface area contributed by atoms with Gasteiger partial charge in [0, 0.05) is 6.08 Å². The van der Waals surface area contributed by atoms with E-state index in [0.29, 0.717) is 5.56 Å². The maximum Gasteiger partial charge on any atom is 0.446 e. The van der Waals surface area contributed by atoms with E-state index >= 15 is 0 Å². The molecule has 0 bridgehead atoms. The van der Waals surface area contributed by atoms with Crippen LogP contribution in [0.3, 0.4) is 0 Å². The van der Waals surface area contributed by atoms with Crippen molar-refractivity contribution in [3.63, 3.8) is 0 Å². The number of aliphatic carboxylic acids is 1. The molecule has 1 saturated heterocycles. The van der Waals surface area contributed by atoms with Gasteiger partial charge < -0.3 is 38.8 Å². The molecule has 2 rings (SSSR count). The molecule has 0 aliphatic carbocycles. The SMILES string of the molecule is COc1cc(/C=C/C(=O)O[C@@H]2O[C@H](C(=O)O)[C@@H](O)[C@H](O)[C@H]2O)ccc1OS(=O)(=O)O. The van der Waals surface area contributed by atoms with E-state index < -0.39 is 53.0 Å². The Morgan fingerprint density at radius 3 is 2.33 bits per heavy atom. The lowest BCUT2D eigenvalue weighted by Gasteiger charge is -2.37. The zero-order chi connectivity index (χ0) is 22.6. The summed E-state index contributed by atoms with van der Waals surface area (Å²) in [5, 5.41) is 38.0. The standard InChI is InChI=1S/C16H18O13S/c1-26-9-6-7(2-4-8(9)29-30(23,24)25)3-5-10(17)27-16-13(20)11(18)12(19)14(28-16)15(21)22/h2-6,11-14,16,18-20H,1H3,(H,21,22)(H,23,24,25)/b5-3+/t11-,12-,13+,14-,16+/m0/s1. The molecule has 0 unspecified atom stereocenters. The third-order valence-electron chi connectivity index (χ3n) is 3.84. The van der Waals surface area contributed by atoms with Crippen LogP contribution in [0.5, 0.6) is 11.5 Å². The first kappa shape index (κ1) is 23.5. The number of aliphatic hydroxyl groups excluding tert-OH is 3. The molecule has 1 aromatic carbocycles. The van der Waals surface area contributed by atoms with Crippen LogP contribution in [-0.2, 0) is 29.5 Å². The number of hydrogen-bond acceptors (Lipinski definition) is 11. The first-order chi connectivity index (χ1) is 13.9. The molecular formula is C16H18O13S. The predicted molar refractivity (Wildman–Crippen MR) is 94.6 cm³/mol. The van der Waals surface area contributed by atoms with Crippen molar-refractivity contribution in [3.05, 3.63) is 29.8 Å². The van der Waals surface area contributed by atoms with E-state index in [1.165, 1.54) is 25.3 Å². The molecule has 0 aromatic heterocycles. The van der Waals surface area contributed by atoms with Gasteiger partial charge in [0.2, 0.25) is 6.29 Å². The molecule has 13 nitrogen and oxygen atoms in total. The third-order valence-corrected chi connectivity index (χ3v) is 4.23. The van der Waals surface area contributed by atoms with Gasteiger partial charge in [-0.1, -0.05) is 6.07 Å². The Morgan fingerprint density at radius 2 is 1.77 bits per heavy atom. The lowest BCUT2D eigenvalue weighted by Crippen LogP contribution is -2.60. The summed E-state index contributed by atoms with van der Waals surface area (Å²) in [7, 11) is -3.58. The Bertz CT molecular complexity index is 925. The fourth-order valence-electron chi connectivity index (χ4n) is 2.44. The highest BCUT2D eigenvalue weighted by molar-refractivity contribution is 7.81. The van der Waals surface area contributed by atoms with Crippen molar-refractivity contribution < 1.29 is 61.4 Å². The normalized spacial score (nSPS) is 26.9. The summed E-state index contributed by atoms with van der Waals surface area (Å²) in [6.07, 6.45) is -7.49. The Morgan fingerprint density at radius 1 is 1.10 bits per heavy atom. The van der Waals surface area contributed by atoms with Gasteiger partial charge in [-0.25, -0.2) is 9.59 Å². The minimum atomic E-state index is -4.78. The van der Waals surface area contributed by atoms with E-state index in [-0.39, 0.29) is 11.5 Å². The Kier molecular flexibility index (Phi) is 7.35. The third kappa shape index (κ3) is 5.88. The monoisotopic (exact) mass is 450 g/mol. The van der Waals surface area contributed by atoms with Crippen molar-refractivity contribution in [2.75, 3.05) is 7.11 Å². The number of hydrogen-bond donors (Lipinski definition) is 5. The number of esters is 1. The van der Waals surface area contributed by atoms with Gasteiger partial charge in [-0.2, -0.15) is 8.42 Å². The molecule has 0 saturated carbocycles. The number of aliphatic hydroxyl groups is 3. The molecule has 166 valence electrons. The van der Waals surface area contributed by atoms with E-state index in [9.17, 15) is 33.3 Å². The van der Waals surface area contributed by atoms with Gasteiger partial charge in [0.05, 0.1) is 7.11 Å².